The second-order valence-electron chi connectivity index (χ2n) is 7.77. The molecule has 0 unspecified atom stereocenters. The summed E-state index contributed by atoms with van der Waals surface area (Å²) in [6.45, 7) is 4.33. The van der Waals surface area contributed by atoms with Crippen molar-refractivity contribution in [1.29, 1.82) is 0 Å². The van der Waals surface area contributed by atoms with Crippen molar-refractivity contribution >= 4 is 17.3 Å². The van der Waals surface area contributed by atoms with Crippen molar-refractivity contribution in [2.24, 2.45) is 0 Å². The number of rotatable bonds is 5. The van der Waals surface area contributed by atoms with Gasteiger partial charge in [0.25, 0.3) is 0 Å². The van der Waals surface area contributed by atoms with Gasteiger partial charge >= 0.3 is 0 Å². The summed E-state index contributed by atoms with van der Waals surface area (Å²) >= 11 is 0. The quantitative estimate of drug-likeness (QED) is 0.810. The number of hydrogen-bond donors (Lipinski definition) is 0. The van der Waals surface area contributed by atoms with Crippen LogP contribution in [0.3, 0.4) is 0 Å². The van der Waals surface area contributed by atoms with E-state index in [4.69, 9.17) is 0 Å². The Labute approximate surface area is 162 Å². The molecule has 0 bridgehead atoms. The zero-order valence-electron chi connectivity index (χ0n) is 16.2. The van der Waals surface area contributed by atoms with Gasteiger partial charge in [0.2, 0.25) is 5.91 Å². The van der Waals surface area contributed by atoms with Gasteiger partial charge in [0, 0.05) is 37.6 Å². The highest BCUT2D eigenvalue weighted by Gasteiger charge is 2.25. The average molecular weight is 364 g/mol. The highest BCUT2D eigenvalue weighted by molar-refractivity contribution is 5.96. The monoisotopic (exact) mass is 363 g/mol. The van der Waals surface area contributed by atoms with Crippen molar-refractivity contribution in [2.45, 2.75) is 32.2 Å². The summed E-state index contributed by atoms with van der Waals surface area (Å²) in [5.41, 5.74) is 5.02. The number of amides is 1. The van der Waals surface area contributed by atoms with Crippen molar-refractivity contribution in [1.82, 2.24) is 4.90 Å². The summed E-state index contributed by atoms with van der Waals surface area (Å²) in [4.78, 5) is 19.5. The number of piperidine rings is 1. The number of benzene rings is 2. The van der Waals surface area contributed by atoms with Crippen LogP contribution in [-0.4, -0.2) is 44.0 Å². The fourth-order valence-electron chi connectivity index (χ4n) is 4.35. The zero-order valence-corrected chi connectivity index (χ0v) is 16.2. The molecule has 1 fully saturated rings. The molecule has 2 heterocycles. The van der Waals surface area contributed by atoms with Crippen LogP contribution in [0.5, 0.6) is 0 Å². The Bertz CT molecular complexity index is 798. The summed E-state index contributed by atoms with van der Waals surface area (Å²) < 4.78 is 0. The van der Waals surface area contributed by atoms with Gasteiger partial charge in [-0.25, -0.2) is 0 Å². The second-order valence-corrected chi connectivity index (χ2v) is 7.77. The lowest BCUT2D eigenvalue weighted by Crippen LogP contribution is -2.38. The maximum Gasteiger partial charge on any atom is 0.241 e. The zero-order chi connectivity index (χ0) is 18.6. The molecule has 0 atom stereocenters. The molecular weight excluding hydrogens is 334 g/mol. The van der Waals surface area contributed by atoms with Crippen LogP contribution in [0.2, 0.25) is 0 Å². The van der Waals surface area contributed by atoms with Gasteiger partial charge in [-0.15, -0.1) is 0 Å². The SMILES string of the molecule is CN(CC(=O)N1CCc2ccccc21)Cc1ccccc1N1CCCCC1. The lowest BCUT2D eigenvalue weighted by Gasteiger charge is -2.31. The summed E-state index contributed by atoms with van der Waals surface area (Å²) in [6.07, 6.45) is 4.85. The number of nitrogens with zero attached hydrogens (tertiary/aromatic N) is 3. The normalized spacial score (nSPS) is 16.7. The van der Waals surface area contributed by atoms with Gasteiger partial charge in [-0.05, 0) is 56.0 Å². The number of hydrogen-bond acceptors (Lipinski definition) is 3. The molecule has 0 aliphatic carbocycles. The molecule has 4 heteroatoms. The van der Waals surface area contributed by atoms with E-state index >= 15 is 0 Å². The Kier molecular flexibility index (Phi) is 5.44. The van der Waals surface area contributed by atoms with E-state index in [0.717, 1.165) is 38.3 Å². The third-order valence-electron chi connectivity index (χ3n) is 5.72. The molecule has 0 radical (unpaired) electrons. The molecule has 4 rings (SSSR count). The predicted octanol–water partition coefficient (Wildman–Crippen LogP) is 3.70. The molecule has 1 saturated heterocycles. The van der Waals surface area contributed by atoms with E-state index in [1.54, 1.807) is 0 Å². The van der Waals surface area contributed by atoms with E-state index in [1.165, 1.54) is 36.1 Å². The van der Waals surface area contributed by atoms with Crippen molar-refractivity contribution in [3.63, 3.8) is 0 Å². The Balaban J connectivity index is 1.41. The first-order valence-electron chi connectivity index (χ1n) is 10.1. The van der Waals surface area contributed by atoms with Gasteiger partial charge in [-0.3, -0.25) is 9.69 Å². The Morgan fingerprint density at radius 3 is 2.44 bits per heavy atom. The highest BCUT2D eigenvalue weighted by atomic mass is 16.2. The molecule has 0 spiro atoms. The Hall–Kier alpha value is -2.33. The van der Waals surface area contributed by atoms with Gasteiger partial charge in [-0.2, -0.15) is 0 Å². The van der Waals surface area contributed by atoms with Gasteiger partial charge < -0.3 is 9.80 Å². The fraction of sp³-hybridized carbons (Fsp3) is 0.435. The van der Waals surface area contributed by atoms with E-state index in [0.29, 0.717) is 6.54 Å². The van der Waals surface area contributed by atoms with Crippen molar-refractivity contribution < 1.29 is 4.79 Å². The summed E-state index contributed by atoms with van der Waals surface area (Å²) in [6, 6.07) is 16.9. The van der Waals surface area contributed by atoms with E-state index in [-0.39, 0.29) is 5.91 Å². The number of likely N-dealkylation sites (N-methyl/N-ethyl adjacent to an activating group) is 1. The molecule has 4 nitrogen and oxygen atoms in total. The minimum atomic E-state index is 0.193. The van der Waals surface area contributed by atoms with Crippen LogP contribution < -0.4 is 9.80 Å². The van der Waals surface area contributed by atoms with Crippen LogP contribution in [0.4, 0.5) is 11.4 Å². The number of para-hydroxylation sites is 2. The summed E-state index contributed by atoms with van der Waals surface area (Å²) in [5.74, 6) is 0.193. The molecule has 0 N–H and O–H groups in total. The number of carbonyl (C=O) groups is 1. The molecule has 0 saturated carbocycles. The highest BCUT2D eigenvalue weighted by Crippen LogP contribution is 2.28. The molecule has 2 aliphatic rings. The lowest BCUT2D eigenvalue weighted by atomic mass is 10.1. The molecule has 1 amide bonds. The third kappa shape index (κ3) is 4.01. The molecule has 27 heavy (non-hydrogen) atoms. The lowest BCUT2D eigenvalue weighted by molar-refractivity contribution is -0.119. The average Bonchev–Trinajstić information content (AvgIpc) is 3.13. The maximum absolute atomic E-state index is 12.9. The maximum atomic E-state index is 12.9. The predicted molar refractivity (Wildman–Crippen MR) is 111 cm³/mol. The summed E-state index contributed by atoms with van der Waals surface area (Å²) in [7, 11) is 2.05. The largest absolute Gasteiger partial charge is 0.371 e. The van der Waals surface area contributed by atoms with Crippen LogP contribution in [0.1, 0.15) is 30.4 Å². The number of carbonyl (C=O) groups excluding carboxylic acids is 1. The first-order valence-corrected chi connectivity index (χ1v) is 10.1. The van der Waals surface area contributed by atoms with Crippen LogP contribution in [0.15, 0.2) is 48.5 Å². The molecule has 2 aromatic rings. The number of fused-ring (bicyclic) bond motifs is 1. The van der Waals surface area contributed by atoms with Gasteiger partial charge in [0.05, 0.1) is 6.54 Å². The first kappa shape index (κ1) is 18.1. The van der Waals surface area contributed by atoms with Crippen molar-refractivity contribution in [3.05, 3.63) is 59.7 Å². The smallest absolute Gasteiger partial charge is 0.241 e. The minimum Gasteiger partial charge on any atom is -0.371 e. The first-order chi connectivity index (χ1) is 13.2. The molecular formula is C23H29N3O. The molecule has 2 aliphatic heterocycles. The summed E-state index contributed by atoms with van der Waals surface area (Å²) in [5, 5.41) is 0. The van der Waals surface area contributed by atoms with Gasteiger partial charge in [-0.1, -0.05) is 36.4 Å². The van der Waals surface area contributed by atoms with Crippen LogP contribution >= 0.6 is 0 Å². The van der Waals surface area contributed by atoms with E-state index < -0.39 is 0 Å². The fourth-order valence-corrected chi connectivity index (χ4v) is 4.35. The van der Waals surface area contributed by atoms with Crippen LogP contribution in [-0.2, 0) is 17.8 Å². The Morgan fingerprint density at radius 2 is 1.63 bits per heavy atom. The number of anilines is 2. The third-order valence-corrected chi connectivity index (χ3v) is 5.72. The van der Waals surface area contributed by atoms with Crippen molar-refractivity contribution in [2.75, 3.05) is 43.0 Å². The standard InChI is InChI=1S/C23H29N3O/c1-24(18-23(27)26-16-13-19-9-3-6-12-22(19)26)17-20-10-4-5-11-21(20)25-14-7-2-8-15-25/h3-6,9-12H,2,7-8,13-18H2,1H3. The van der Waals surface area contributed by atoms with Gasteiger partial charge in [0.1, 0.15) is 0 Å². The van der Waals surface area contributed by atoms with Crippen molar-refractivity contribution in [3.8, 4) is 0 Å². The second kappa shape index (κ2) is 8.13. The van der Waals surface area contributed by atoms with E-state index in [2.05, 4.69) is 52.3 Å². The molecule has 0 aromatic heterocycles. The van der Waals surface area contributed by atoms with Gasteiger partial charge in [0.15, 0.2) is 0 Å². The van der Waals surface area contributed by atoms with Crippen LogP contribution in [0, 0.1) is 0 Å². The topological polar surface area (TPSA) is 26.8 Å². The van der Waals surface area contributed by atoms with Crippen LogP contribution in [0.25, 0.3) is 0 Å². The minimum absolute atomic E-state index is 0.193. The van der Waals surface area contributed by atoms with E-state index in [1.807, 2.05) is 18.0 Å². The Morgan fingerprint density at radius 1 is 0.926 bits per heavy atom. The molecule has 142 valence electrons. The van der Waals surface area contributed by atoms with E-state index in [9.17, 15) is 4.79 Å². The molecule has 2 aromatic carbocycles.